The summed E-state index contributed by atoms with van der Waals surface area (Å²) >= 11 is 0. The van der Waals surface area contributed by atoms with Crippen molar-refractivity contribution in [3.05, 3.63) is 0 Å². The van der Waals surface area contributed by atoms with Crippen molar-refractivity contribution in [3.63, 3.8) is 0 Å². The van der Waals surface area contributed by atoms with Gasteiger partial charge in [0.2, 0.25) is 0 Å². The minimum Gasteiger partial charge on any atom is -0.396 e. The molecule has 0 aliphatic rings. The van der Waals surface area contributed by atoms with Crippen LogP contribution < -0.4 is 0 Å². The quantitative estimate of drug-likeness (QED) is 0.618. The summed E-state index contributed by atoms with van der Waals surface area (Å²) in [5, 5.41) is 17.7. The van der Waals surface area contributed by atoms with E-state index in [2.05, 4.69) is 6.92 Å². The van der Waals surface area contributed by atoms with Crippen molar-refractivity contribution in [2.75, 3.05) is 26.4 Å². The van der Waals surface area contributed by atoms with Gasteiger partial charge in [0, 0.05) is 6.61 Å². The van der Waals surface area contributed by atoms with Gasteiger partial charge in [-0.1, -0.05) is 6.92 Å². The predicted octanol–water partition coefficient (Wildman–Crippen LogP) is 1.73. The van der Waals surface area contributed by atoms with Crippen molar-refractivity contribution >= 4 is 0 Å². The molecule has 0 aromatic heterocycles. The molecule has 2 N–H and O–H groups in total. The van der Waals surface area contributed by atoms with Gasteiger partial charge in [-0.15, -0.1) is 0 Å². The molecule has 4 nitrogen and oxygen atoms in total. The Morgan fingerprint density at radius 2 is 1.53 bits per heavy atom. The monoisotopic (exact) mass is 248 g/mol. The maximum Gasteiger partial charge on any atom is 0.0705 e. The van der Waals surface area contributed by atoms with Crippen molar-refractivity contribution in [2.45, 2.75) is 58.2 Å². The molecule has 0 aromatic rings. The van der Waals surface area contributed by atoms with Crippen LogP contribution in [0.5, 0.6) is 0 Å². The second-order valence-corrected chi connectivity index (χ2v) is 5.21. The van der Waals surface area contributed by atoms with Gasteiger partial charge in [0.05, 0.1) is 31.0 Å². The van der Waals surface area contributed by atoms with E-state index in [0.717, 1.165) is 12.8 Å². The fourth-order valence-corrected chi connectivity index (χ4v) is 1.52. The van der Waals surface area contributed by atoms with Gasteiger partial charge in [-0.25, -0.2) is 0 Å². The lowest BCUT2D eigenvalue weighted by Gasteiger charge is -2.31. The Hall–Kier alpha value is -0.160. The summed E-state index contributed by atoms with van der Waals surface area (Å²) in [5.41, 5.74) is -0.529. The van der Waals surface area contributed by atoms with Gasteiger partial charge in [-0.2, -0.15) is 0 Å². The molecule has 1 atom stereocenters. The zero-order chi connectivity index (χ0) is 13.4. The Labute approximate surface area is 105 Å². The van der Waals surface area contributed by atoms with Crippen LogP contribution in [0.1, 0.15) is 47.0 Å². The standard InChI is InChI=1S/C13H28O4/c1-5-13(4,6-8-14)17-10-7-12(2,3)16-11-9-15/h14-15H,5-11H2,1-4H3. The molecule has 0 saturated heterocycles. The lowest BCUT2D eigenvalue weighted by Crippen LogP contribution is -2.33. The van der Waals surface area contributed by atoms with Crippen molar-refractivity contribution in [3.8, 4) is 0 Å². The first kappa shape index (κ1) is 16.8. The van der Waals surface area contributed by atoms with Gasteiger partial charge in [-0.05, 0) is 40.0 Å². The van der Waals surface area contributed by atoms with E-state index in [9.17, 15) is 0 Å². The molecule has 4 heteroatoms. The molecule has 0 radical (unpaired) electrons. The maximum absolute atomic E-state index is 8.98. The topological polar surface area (TPSA) is 58.9 Å². The highest BCUT2D eigenvalue weighted by Crippen LogP contribution is 2.22. The zero-order valence-electron chi connectivity index (χ0n) is 11.7. The van der Waals surface area contributed by atoms with E-state index >= 15 is 0 Å². The highest BCUT2D eigenvalue weighted by Gasteiger charge is 2.24. The zero-order valence-corrected chi connectivity index (χ0v) is 11.7. The maximum atomic E-state index is 8.98. The molecule has 104 valence electrons. The third kappa shape index (κ3) is 7.71. The van der Waals surface area contributed by atoms with E-state index in [1.54, 1.807) is 0 Å². The summed E-state index contributed by atoms with van der Waals surface area (Å²) in [6, 6.07) is 0. The smallest absolute Gasteiger partial charge is 0.0705 e. The molecule has 17 heavy (non-hydrogen) atoms. The fraction of sp³-hybridized carbons (Fsp3) is 1.00. The van der Waals surface area contributed by atoms with E-state index < -0.39 is 0 Å². The van der Waals surface area contributed by atoms with Crippen LogP contribution in [0.2, 0.25) is 0 Å². The molecule has 0 aliphatic carbocycles. The molecule has 0 aliphatic heterocycles. The number of rotatable bonds is 10. The number of hydrogen-bond acceptors (Lipinski definition) is 4. The minimum absolute atomic E-state index is 0.0431. The van der Waals surface area contributed by atoms with Crippen LogP contribution in [-0.4, -0.2) is 47.8 Å². The van der Waals surface area contributed by atoms with E-state index in [1.807, 2.05) is 20.8 Å². The molecule has 1 unspecified atom stereocenters. The summed E-state index contributed by atoms with van der Waals surface area (Å²) in [7, 11) is 0. The van der Waals surface area contributed by atoms with Crippen LogP contribution >= 0.6 is 0 Å². The first-order chi connectivity index (χ1) is 7.89. The number of ether oxygens (including phenoxy) is 2. The Balaban J connectivity index is 3.94. The third-order valence-corrected chi connectivity index (χ3v) is 3.13. The predicted molar refractivity (Wildman–Crippen MR) is 68.1 cm³/mol. The molecule has 0 aromatic carbocycles. The second-order valence-electron chi connectivity index (χ2n) is 5.21. The first-order valence-electron chi connectivity index (χ1n) is 6.39. The van der Waals surface area contributed by atoms with Crippen LogP contribution in [0, 0.1) is 0 Å². The van der Waals surface area contributed by atoms with E-state index in [0.29, 0.717) is 19.6 Å². The number of aliphatic hydroxyl groups is 2. The van der Waals surface area contributed by atoms with E-state index in [1.165, 1.54) is 0 Å². The lowest BCUT2D eigenvalue weighted by molar-refractivity contribution is -0.0900. The first-order valence-corrected chi connectivity index (χ1v) is 6.39. The summed E-state index contributed by atoms with van der Waals surface area (Å²) < 4.78 is 11.3. The molecule has 0 saturated carbocycles. The van der Waals surface area contributed by atoms with Gasteiger partial charge < -0.3 is 19.7 Å². The minimum atomic E-state index is -0.281. The Morgan fingerprint density at radius 1 is 0.882 bits per heavy atom. The lowest BCUT2D eigenvalue weighted by atomic mass is 9.99. The Kier molecular flexibility index (Phi) is 7.96. The molecule has 0 bridgehead atoms. The fourth-order valence-electron chi connectivity index (χ4n) is 1.52. The van der Waals surface area contributed by atoms with Crippen LogP contribution in [0.15, 0.2) is 0 Å². The second kappa shape index (κ2) is 8.03. The van der Waals surface area contributed by atoms with Gasteiger partial charge in [-0.3, -0.25) is 0 Å². The van der Waals surface area contributed by atoms with Crippen LogP contribution in [0.25, 0.3) is 0 Å². The molecule has 0 rings (SSSR count). The van der Waals surface area contributed by atoms with Crippen molar-refractivity contribution in [1.29, 1.82) is 0 Å². The van der Waals surface area contributed by atoms with Crippen molar-refractivity contribution in [2.24, 2.45) is 0 Å². The SMILES string of the molecule is CCC(C)(CCO)OCCC(C)(C)OCCO. The molecule has 0 amide bonds. The number of hydrogen-bond donors (Lipinski definition) is 2. The van der Waals surface area contributed by atoms with Crippen molar-refractivity contribution in [1.82, 2.24) is 0 Å². The third-order valence-electron chi connectivity index (χ3n) is 3.13. The van der Waals surface area contributed by atoms with Crippen LogP contribution in [-0.2, 0) is 9.47 Å². The average Bonchev–Trinajstić information content (AvgIpc) is 2.26. The van der Waals surface area contributed by atoms with E-state index in [4.69, 9.17) is 19.7 Å². The van der Waals surface area contributed by atoms with Gasteiger partial charge >= 0.3 is 0 Å². The number of aliphatic hydroxyl groups excluding tert-OH is 2. The van der Waals surface area contributed by atoms with Gasteiger partial charge in [0.25, 0.3) is 0 Å². The molecule has 0 spiro atoms. The summed E-state index contributed by atoms with van der Waals surface area (Å²) in [5.74, 6) is 0. The highest BCUT2D eigenvalue weighted by atomic mass is 16.5. The molecular formula is C13H28O4. The van der Waals surface area contributed by atoms with Crippen LogP contribution in [0.3, 0.4) is 0 Å². The van der Waals surface area contributed by atoms with E-state index in [-0.39, 0.29) is 24.4 Å². The summed E-state index contributed by atoms with van der Waals surface area (Å²) in [6.07, 6.45) is 2.31. The van der Waals surface area contributed by atoms with Gasteiger partial charge in [0.1, 0.15) is 0 Å². The Morgan fingerprint density at radius 3 is 2.00 bits per heavy atom. The Bertz CT molecular complexity index is 194. The molecule has 0 heterocycles. The molecular weight excluding hydrogens is 220 g/mol. The molecule has 0 fully saturated rings. The largest absolute Gasteiger partial charge is 0.396 e. The highest BCUT2D eigenvalue weighted by molar-refractivity contribution is 4.74. The summed E-state index contributed by atoms with van der Waals surface area (Å²) in [6.45, 7) is 9.20. The van der Waals surface area contributed by atoms with Gasteiger partial charge in [0.15, 0.2) is 0 Å². The van der Waals surface area contributed by atoms with Crippen molar-refractivity contribution < 1.29 is 19.7 Å². The summed E-state index contributed by atoms with van der Waals surface area (Å²) in [4.78, 5) is 0. The average molecular weight is 248 g/mol. The van der Waals surface area contributed by atoms with Crippen LogP contribution in [0.4, 0.5) is 0 Å². The normalized spacial score (nSPS) is 15.9.